The number of likely N-dealkylation sites (tertiary alicyclic amines) is 1. The molecule has 0 amide bonds. The second kappa shape index (κ2) is 7.89. The molecule has 3 N–H and O–H groups in total. The highest BCUT2D eigenvalue weighted by atomic mass is 35.5. The van der Waals surface area contributed by atoms with Crippen LogP contribution in [0.25, 0.3) is 11.4 Å². The summed E-state index contributed by atoms with van der Waals surface area (Å²) < 4.78 is 5.91. The third-order valence-corrected chi connectivity index (χ3v) is 5.76. The Morgan fingerprint density at radius 2 is 2.08 bits per heavy atom. The van der Waals surface area contributed by atoms with Gasteiger partial charge >= 0.3 is 0 Å². The summed E-state index contributed by atoms with van der Waals surface area (Å²) >= 11 is 6.35. The van der Waals surface area contributed by atoms with E-state index in [2.05, 4.69) is 14.9 Å². The second-order valence-electron chi connectivity index (χ2n) is 7.34. The number of aryl methyl sites for hydroxylation is 1. The topological polar surface area (TPSA) is 67.2 Å². The molecule has 1 aromatic carbocycles. The van der Waals surface area contributed by atoms with Gasteiger partial charge in [-0.05, 0) is 64.2 Å². The van der Waals surface area contributed by atoms with Crippen LogP contribution in [0.2, 0.25) is 5.02 Å². The van der Waals surface area contributed by atoms with Gasteiger partial charge in [-0.15, -0.1) is 0 Å². The molecule has 2 aliphatic rings. The van der Waals surface area contributed by atoms with E-state index in [4.69, 9.17) is 22.1 Å². The van der Waals surface area contributed by atoms with Gasteiger partial charge in [-0.3, -0.25) is 0 Å². The van der Waals surface area contributed by atoms with Crippen LogP contribution in [-0.4, -0.2) is 41.1 Å². The Balaban J connectivity index is 1.47. The number of anilines is 1. The number of fused-ring (bicyclic) bond motifs is 1. The molecule has 0 bridgehead atoms. The monoisotopic (exact) mass is 374 g/mol. The van der Waals surface area contributed by atoms with Crippen LogP contribution in [0.4, 0.5) is 5.69 Å². The Labute approximate surface area is 159 Å². The number of imidazole rings is 1. The van der Waals surface area contributed by atoms with Crippen molar-refractivity contribution in [2.24, 2.45) is 0 Å². The summed E-state index contributed by atoms with van der Waals surface area (Å²) in [6.45, 7) is 4.38. The lowest BCUT2D eigenvalue weighted by Crippen LogP contribution is -2.30. The van der Waals surface area contributed by atoms with Gasteiger partial charge in [0.15, 0.2) is 0 Å². The number of aromatic nitrogens is 2. The number of halogens is 1. The summed E-state index contributed by atoms with van der Waals surface area (Å²) in [4.78, 5) is 10.6. The lowest BCUT2D eigenvalue weighted by atomic mass is 10.00. The highest BCUT2D eigenvalue weighted by Gasteiger charge is 2.22. The molecule has 1 saturated heterocycles. The lowest BCUT2D eigenvalue weighted by Gasteiger charge is -2.26. The Kier molecular flexibility index (Phi) is 5.36. The van der Waals surface area contributed by atoms with Crippen molar-refractivity contribution < 1.29 is 4.74 Å². The minimum Gasteiger partial charge on any atom is -0.492 e. The van der Waals surface area contributed by atoms with Crippen molar-refractivity contribution in [3.8, 4) is 17.1 Å². The van der Waals surface area contributed by atoms with Crippen molar-refractivity contribution in [3.63, 3.8) is 0 Å². The van der Waals surface area contributed by atoms with Crippen LogP contribution in [0.1, 0.15) is 43.4 Å². The highest BCUT2D eigenvalue weighted by Crippen LogP contribution is 2.42. The molecule has 0 radical (unpaired) electrons. The molecule has 0 saturated carbocycles. The number of ether oxygens (including phenoxy) is 1. The first-order chi connectivity index (χ1) is 12.7. The maximum atomic E-state index is 6.35. The molecule has 4 rings (SSSR count). The largest absolute Gasteiger partial charge is 0.492 e. The molecule has 6 heteroatoms. The third kappa shape index (κ3) is 3.69. The van der Waals surface area contributed by atoms with Gasteiger partial charge in [0.1, 0.15) is 11.6 Å². The zero-order valence-corrected chi connectivity index (χ0v) is 15.9. The van der Waals surface area contributed by atoms with Crippen LogP contribution in [-0.2, 0) is 12.8 Å². The Morgan fingerprint density at radius 1 is 1.23 bits per heavy atom. The number of hydrogen-bond donors (Lipinski definition) is 2. The molecule has 140 valence electrons. The van der Waals surface area contributed by atoms with E-state index in [1.807, 2.05) is 12.3 Å². The van der Waals surface area contributed by atoms with Crippen molar-refractivity contribution in [1.82, 2.24) is 14.9 Å². The summed E-state index contributed by atoms with van der Waals surface area (Å²) in [5.74, 6) is 1.66. The van der Waals surface area contributed by atoms with Crippen molar-refractivity contribution in [3.05, 3.63) is 28.5 Å². The molecule has 0 aliphatic carbocycles. The van der Waals surface area contributed by atoms with Gasteiger partial charge in [-0.25, -0.2) is 4.98 Å². The fourth-order valence-electron chi connectivity index (χ4n) is 4.01. The first-order valence-electron chi connectivity index (χ1n) is 9.72. The minimum absolute atomic E-state index is 0.576. The number of nitrogens with one attached hydrogen (secondary N) is 1. The number of H-pyrrole nitrogens is 1. The molecule has 2 aromatic rings. The lowest BCUT2D eigenvalue weighted by molar-refractivity contribution is 0.226. The molecular weight excluding hydrogens is 348 g/mol. The van der Waals surface area contributed by atoms with Gasteiger partial charge in [0.05, 0.1) is 22.9 Å². The number of benzene rings is 1. The number of rotatable bonds is 5. The molecule has 0 unspecified atom stereocenters. The minimum atomic E-state index is 0.576. The van der Waals surface area contributed by atoms with Gasteiger partial charge in [-0.2, -0.15) is 0 Å². The molecule has 3 heterocycles. The Hall–Kier alpha value is -1.72. The van der Waals surface area contributed by atoms with Crippen LogP contribution in [0, 0.1) is 0 Å². The molecule has 26 heavy (non-hydrogen) atoms. The average molecular weight is 375 g/mol. The zero-order valence-electron chi connectivity index (χ0n) is 15.2. The predicted octanol–water partition coefficient (Wildman–Crippen LogP) is 4.06. The molecule has 5 nitrogen and oxygen atoms in total. The van der Waals surface area contributed by atoms with E-state index in [1.54, 1.807) is 0 Å². The van der Waals surface area contributed by atoms with E-state index in [1.165, 1.54) is 38.9 Å². The summed E-state index contributed by atoms with van der Waals surface area (Å²) in [5, 5.41) is 0.576. The average Bonchev–Trinajstić information content (AvgIpc) is 3.14. The van der Waals surface area contributed by atoms with E-state index >= 15 is 0 Å². The van der Waals surface area contributed by atoms with E-state index in [9.17, 15) is 0 Å². The standard InChI is InChI=1S/C20H27ClN4O/c21-17-12-16(19-15(18(17)22)7-5-11-26-19)20-23-13-14(24-20)6-4-10-25-8-2-1-3-9-25/h12-13H,1-11,22H2,(H,23,24). The van der Waals surface area contributed by atoms with Crippen molar-refractivity contribution in [1.29, 1.82) is 0 Å². The van der Waals surface area contributed by atoms with Gasteiger partial charge in [0, 0.05) is 17.5 Å². The van der Waals surface area contributed by atoms with Crippen LogP contribution in [0.3, 0.4) is 0 Å². The van der Waals surface area contributed by atoms with E-state index in [0.717, 1.165) is 54.1 Å². The number of piperidine rings is 1. The SMILES string of the molecule is Nc1c(Cl)cc(-c2ncc(CCCN3CCCCC3)[nH]2)c2c1CCCO2. The highest BCUT2D eigenvalue weighted by molar-refractivity contribution is 6.33. The number of nitrogen functional groups attached to an aromatic ring is 1. The Bertz CT molecular complexity index is 767. The van der Waals surface area contributed by atoms with Crippen LogP contribution >= 0.6 is 11.6 Å². The van der Waals surface area contributed by atoms with Gasteiger partial charge in [0.2, 0.25) is 0 Å². The molecule has 0 spiro atoms. The van der Waals surface area contributed by atoms with E-state index in [0.29, 0.717) is 17.3 Å². The van der Waals surface area contributed by atoms with E-state index < -0.39 is 0 Å². The van der Waals surface area contributed by atoms with Gasteiger partial charge in [-0.1, -0.05) is 18.0 Å². The summed E-state index contributed by atoms with van der Waals surface area (Å²) in [7, 11) is 0. The molecule has 1 fully saturated rings. The Morgan fingerprint density at radius 3 is 2.92 bits per heavy atom. The number of nitrogens with two attached hydrogens (primary N) is 1. The molecule has 2 aliphatic heterocycles. The van der Waals surface area contributed by atoms with Crippen molar-refractivity contribution >= 4 is 17.3 Å². The van der Waals surface area contributed by atoms with Crippen LogP contribution in [0.15, 0.2) is 12.3 Å². The maximum absolute atomic E-state index is 6.35. The normalized spacial score (nSPS) is 17.7. The molecule has 1 aromatic heterocycles. The zero-order chi connectivity index (χ0) is 17.9. The first kappa shape index (κ1) is 17.7. The second-order valence-corrected chi connectivity index (χ2v) is 7.75. The summed E-state index contributed by atoms with van der Waals surface area (Å²) in [6.07, 6.45) is 10.0. The molecule has 0 atom stereocenters. The van der Waals surface area contributed by atoms with E-state index in [-0.39, 0.29) is 0 Å². The first-order valence-corrected chi connectivity index (χ1v) is 10.1. The summed E-state index contributed by atoms with van der Waals surface area (Å²) in [6, 6.07) is 1.87. The fourth-order valence-corrected chi connectivity index (χ4v) is 4.23. The summed E-state index contributed by atoms with van der Waals surface area (Å²) in [5.41, 5.74) is 9.88. The van der Waals surface area contributed by atoms with Crippen molar-refractivity contribution in [2.45, 2.75) is 44.9 Å². The molecular formula is C20H27ClN4O. The number of hydrogen-bond acceptors (Lipinski definition) is 4. The quantitative estimate of drug-likeness (QED) is 0.774. The maximum Gasteiger partial charge on any atom is 0.141 e. The van der Waals surface area contributed by atoms with Gasteiger partial charge in [0.25, 0.3) is 0 Å². The number of aromatic amines is 1. The smallest absolute Gasteiger partial charge is 0.141 e. The van der Waals surface area contributed by atoms with Crippen LogP contribution < -0.4 is 10.5 Å². The van der Waals surface area contributed by atoms with Crippen molar-refractivity contribution in [2.75, 3.05) is 32.0 Å². The van der Waals surface area contributed by atoms with Gasteiger partial charge < -0.3 is 20.4 Å². The van der Waals surface area contributed by atoms with Crippen LogP contribution in [0.5, 0.6) is 5.75 Å². The fraction of sp³-hybridized carbons (Fsp3) is 0.550. The number of nitrogens with zero attached hydrogens (tertiary/aromatic N) is 2. The predicted molar refractivity (Wildman–Crippen MR) is 106 cm³/mol. The third-order valence-electron chi connectivity index (χ3n) is 5.44.